The first-order valence-electron chi connectivity index (χ1n) is 10.7. The Balaban J connectivity index is 1.56. The summed E-state index contributed by atoms with van der Waals surface area (Å²) in [5.74, 6) is -0.224. The summed E-state index contributed by atoms with van der Waals surface area (Å²) in [5, 5.41) is 14.4. The number of fused-ring (bicyclic) bond motifs is 2. The van der Waals surface area contributed by atoms with Gasteiger partial charge in [0.05, 0.1) is 31.6 Å². The number of anilines is 1. The summed E-state index contributed by atoms with van der Waals surface area (Å²) in [6.45, 7) is 0. The average Bonchev–Trinajstić information content (AvgIpc) is 3.35. The number of hydrogen-bond donors (Lipinski definition) is 1. The van der Waals surface area contributed by atoms with Gasteiger partial charge in [0.2, 0.25) is 0 Å². The maximum absolute atomic E-state index is 13.5. The van der Waals surface area contributed by atoms with Crippen molar-refractivity contribution in [3.8, 4) is 16.6 Å². The standard InChI is InChI=1S/C25H20ClN3OS2/c26-23-12-11-22(31-23)20-13-17(15-7-5-6-9-19(15)28-20)24(30)29-25-18(14-27)16-8-3-1-2-4-10-21(16)32-25/h5-7,9,11-13H,1-4,8,10H2,(H,29,30). The molecule has 0 spiro atoms. The molecule has 0 unspecified atom stereocenters. The van der Waals surface area contributed by atoms with Gasteiger partial charge in [-0.1, -0.05) is 42.6 Å². The van der Waals surface area contributed by atoms with Crippen molar-refractivity contribution in [1.29, 1.82) is 5.26 Å². The highest BCUT2D eigenvalue weighted by Crippen LogP contribution is 2.37. The number of rotatable bonds is 3. The fourth-order valence-corrected chi connectivity index (χ4v) is 6.48. The fourth-order valence-electron chi connectivity index (χ4n) is 4.24. The third-order valence-corrected chi connectivity index (χ3v) is 8.26. The second-order valence-electron chi connectivity index (χ2n) is 7.86. The molecule has 7 heteroatoms. The van der Waals surface area contributed by atoms with E-state index in [-0.39, 0.29) is 5.91 Å². The van der Waals surface area contributed by atoms with Crippen molar-refractivity contribution in [3.63, 3.8) is 0 Å². The topological polar surface area (TPSA) is 65.8 Å². The Labute approximate surface area is 199 Å². The smallest absolute Gasteiger partial charge is 0.257 e. The molecule has 3 aromatic heterocycles. The van der Waals surface area contributed by atoms with Gasteiger partial charge in [0, 0.05) is 10.3 Å². The van der Waals surface area contributed by atoms with Gasteiger partial charge >= 0.3 is 0 Å². The second kappa shape index (κ2) is 9.03. The number of aryl methyl sites for hydroxylation is 1. The van der Waals surface area contributed by atoms with Gasteiger partial charge < -0.3 is 5.32 Å². The molecule has 4 aromatic rings. The summed E-state index contributed by atoms with van der Waals surface area (Å²) in [6, 6.07) is 15.5. The van der Waals surface area contributed by atoms with Crippen LogP contribution in [0.3, 0.4) is 0 Å². The van der Waals surface area contributed by atoms with Crippen LogP contribution in [0.4, 0.5) is 5.00 Å². The van der Waals surface area contributed by atoms with E-state index in [1.54, 1.807) is 11.3 Å². The number of carbonyl (C=O) groups is 1. The molecule has 1 aromatic carbocycles. The zero-order chi connectivity index (χ0) is 22.1. The van der Waals surface area contributed by atoms with Crippen molar-refractivity contribution >= 4 is 56.1 Å². The molecule has 3 heterocycles. The number of aromatic nitrogens is 1. The predicted molar refractivity (Wildman–Crippen MR) is 133 cm³/mol. The second-order valence-corrected chi connectivity index (χ2v) is 10.7. The van der Waals surface area contributed by atoms with Crippen LogP contribution < -0.4 is 5.32 Å². The Bertz CT molecular complexity index is 1370. The molecule has 0 atom stereocenters. The Morgan fingerprint density at radius 1 is 1.06 bits per heavy atom. The minimum Gasteiger partial charge on any atom is -0.312 e. The molecule has 0 saturated carbocycles. The van der Waals surface area contributed by atoms with Gasteiger partial charge in [-0.3, -0.25) is 4.79 Å². The first-order chi connectivity index (χ1) is 15.6. The minimum atomic E-state index is -0.224. The van der Waals surface area contributed by atoms with Crippen molar-refractivity contribution in [2.24, 2.45) is 0 Å². The Morgan fingerprint density at radius 3 is 2.66 bits per heavy atom. The van der Waals surface area contributed by atoms with Gasteiger partial charge in [-0.25, -0.2) is 4.98 Å². The number of nitrogens with one attached hydrogen (secondary N) is 1. The molecule has 1 amide bonds. The summed E-state index contributed by atoms with van der Waals surface area (Å²) < 4.78 is 0.677. The summed E-state index contributed by atoms with van der Waals surface area (Å²) in [7, 11) is 0. The van der Waals surface area contributed by atoms with E-state index < -0.39 is 0 Å². The third-order valence-electron chi connectivity index (χ3n) is 5.80. The zero-order valence-corrected chi connectivity index (χ0v) is 19.7. The van der Waals surface area contributed by atoms with Crippen molar-refractivity contribution in [3.05, 3.63) is 68.4 Å². The lowest BCUT2D eigenvalue weighted by Gasteiger charge is -2.10. The van der Waals surface area contributed by atoms with Crippen LogP contribution in [0.25, 0.3) is 21.5 Å². The maximum Gasteiger partial charge on any atom is 0.257 e. The van der Waals surface area contributed by atoms with Crippen LogP contribution in [-0.4, -0.2) is 10.9 Å². The van der Waals surface area contributed by atoms with E-state index in [0.717, 1.165) is 47.0 Å². The highest BCUT2D eigenvalue weighted by molar-refractivity contribution is 7.19. The molecule has 0 saturated heterocycles. The molecule has 1 aliphatic rings. The molecular formula is C25H20ClN3OS2. The number of pyridine rings is 1. The quantitative estimate of drug-likeness (QED) is 0.333. The lowest BCUT2D eigenvalue weighted by molar-refractivity contribution is 0.102. The van der Waals surface area contributed by atoms with Crippen LogP contribution in [0, 0.1) is 11.3 Å². The van der Waals surface area contributed by atoms with E-state index in [1.807, 2.05) is 42.5 Å². The summed E-state index contributed by atoms with van der Waals surface area (Å²) in [6.07, 6.45) is 6.53. The molecule has 0 aliphatic heterocycles. The molecule has 1 aliphatic carbocycles. The van der Waals surface area contributed by atoms with Crippen molar-refractivity contribution in [2.45, 2.75) is 38.5 Å². The van der Waals surface area contributed by atoms with Crippen LogP contribution >= 0.6 is 34.3 Å². The van der Waals surface area contributed by atoms with Gasteiger partial charge in [0.15, 0.2) is 0 Å². The van der Waals surface area contributed by atoms with E-state index in [9.17, 15) is 10.1 Å². The minimum absolute atomic E-state index is 0.224. The Hall–Kier alpha value is -2.72. The molecule has 0 radical (unpaired) electrons. The first kappa shape index (κ1) is 21.1. The first-order valence-corrected chi connectivity index (χ1v) is 12.7. The van der Waals surface area contributed by atoms with Gasteiger partial charge in [0.25, 0.3) is 5.91 Å². The fraction of sp³-hybridized carbons (Fsp3) is 0.240. The van der Waals surface area contributed by atoms with Crippen molar-refractivity contribution in [2.75, 3.05) is 5.32 Å². The summed E-state index contributed by atoms with van der Waals surface area (Å²) in [5.41, 5.74) is 3.76. The van der Waals surface area contributed by atoms with Crippen LogP contribution in [0.15, 0.2) is 42.5 Å². The average molecular weight is 478 g/mol. The number of carbonyl (C=O) groups excluding carboxylic acids is 1. The van der Waals surface area contributed by atoms with Gasteiger partial charge in [-0.05, 0) is 55.5 Å². The van der Waals surface area contributed by atoms with Crippen molar-refractivity contribution < 1.29 is 4.79 Å². The zero-order valence-electron chi connectivity index (χ0n) is 17.3. The number of halogens is 1. The number of para-hydroxylation sites is 1. The summed E-state index contributed by atoms with van der Waals surface area (Å²) in [4.78, 5) is 20.4. The van der Waals surface area contributed by atoms with Crippen LogP contribution in [0.1, 0.15) is 52.0 Å². The van der Waals surface area contributed by atoms with Gasteiger partial charge in [-0.2, -0.15) is 5.26 Å². The monoisotopic (exact) mass is 477 g/mol. The highest BCUT2D eigenvalue weighted by Gasteiger charge is 2.22. The number of amides is 1. The molecule has 160 valence electrons. The number of nitrogens with zero attached hydrogens (tertiary/aromatic N) is 2. The molecule has 0 fully saturated rings. The normalized spacial score (nSPS) is 13.8. The SMILES string of the molecule is N#Cc1c(NC(=O)c2cc(-c3ccc(Cl)s3)nc3ccccc23)sc2c1CCCCCC2. The van der Waals surface area contributed by atoms with E-state index in [0.29, 0.717) is 26.2 Å². The lowest BCUT2D eigenvalue weighted by Crippen LogP contribution is -2.13. The number of hydrogen-bond acceptors (Lipinski definition) is 5. The van der Waals surface area contributed by atoms with E-state index in [4.69, 9.17) is 16.6 Å². The number of nitriles is 1. The van der Waals surface area contributed by atoms with Gasteiger partial charge in [0.1, 0.15) is 11.1 Å². The largest absolute Gasteiger partial charge is 0.312 e. The van der Waals surface area contributed by atoms with Crippen LogP contribution in [-0.2, 0) is 12.8 Å². The molecule has 0 bridgehead atoms. The molecule has 5 rings (SSSR count). The maximum atomic E-state index is 13.5. The third kappa shape index (κ3) is 4.04. The Morgan fingerprint density at radius 2 is 1.88 bits per heavy atom. The number of benzene rings is 1. The van der Waals surface area contributed by atoms with Gasteiger partial charge in [-0.15, -0.1) is 22.7 Å². The van der Waals surface area contributed by atoms with Crippen molar-refractivity contribution in [1.82, 2.24) is 4.98 Å². The lowest BCUT2D eigenvalue weighted by atomic mass is 9.97. The van der Waals surface area contributed by atoms with E-state index >= 15 is 0 Å². The highest BCUT2D eigenvalue weighted by atomic mass is 35.5. The van der Waals surface area contributed by atoms with Crippen LogP contribution in [0.5, 0.6) is 0 Å². The number of thiophene rings is 2. The molecule has 4 nitrogen and oxygen atoms in total. The Kier molecular flexibility index (Phi) is 5.97. The van der Waals surface area contributed by atoms with Crippen LogP contribution in [0.2, 0.25) is 4.34 Å². The molecular weight excluding hydrogens is 458 g/mol. The van der Waals surface area contributed by atoms with E-state index in [2.05, 4.69) is 11.4 Å². The molecule has 32 heavy (non-hydrogen) atoms. The summed E-state index contributed by atoms with van der Waals surface area (Å²) >= 11 is 9.11. The predicted octanol–water partition coefficient (Wildman–Crippen LogP) is 7.46. The van der Waals surface area contributed by atoms with E-state index in [1.165, 1.54) is 29.1 Å². The molecule has 1 N–H and O–H groups in total.